The minimum atomic E-state index is -0.967. The van der Waals surface area contributed by atoms with Crippen LogP contribution < -0.4 is 10.6 Å². The van der Waals surface area contributed by atoms with Crippen LogP contribution in [-0.2, 0) is 14.3 Å². The van der Waals surface area contributed by atoms with Crippen LogP contribution in [0.1, 0.15) is 45.4 Å². The van der Waals surface area contributed by atoms with Gasteiger partial charge in [-0.3, -0.25) is 4.79 Å². The zero-order valence-electron chi connectivity index (χ0n) is 12.2. The second-order valence-corrected chi connectivity index (χ2v) is 5.17. The van der Waals surface area contributed by atoms with E-state index in [0.717, 1.165) is 38.8 Å². The summed E-state index contributed by atoms with van der Waals surface area (Å²) in [5.41, 5.74) is 0. The number of hydrogen-bond donors (Lipinski definition) is 3. The van der Waals surface area contributed by atoms with Crippen LogP contribution in [0.25, 0.3) is 0 Å². The molecule has 0 aromatic rings. The normalized spacial score (nSPS) is 17.6. The highest BCUT2D eigenvalue weighted by molar-refractivity contribution is 5.83. The summed E-state index contributed by atoms with van der Waals surface area (Å²) in [6.45, 7) is 4.26. The van der Waals surface area contributed by atoms with Crippen molar-refractivity contribution < 1.29 is 19.4 Å². The van der Waals surface area contributed by atoms with Crippen molar-refractivity contribution in [3.8, 4) is 0 Å². The van der Waals surface area contributed by atoms with Crippen LogP contribution >= 0.6 is 0 Å². The summed E-state index contributed by atoms with van der Waals surface area (Å²) in [4.78, 5) is 22.7. The first kappa shape index (κ1) is 16.9. The molecule has 0 radical (unpaired) electrons. The van der Waals surface area contributed by atoms with Crippen LogP contribution in [0.4, 0.5) is 0 Å². The Labute approximate surface area is 120 Å². The van der Waals surface area contributed by atoms with Crippen molar-refractivity contribution in [3.05, 3.63) is 0 Å². The molecule has 0 aromatic heterocycles. The van der Waals surface area contributed by atoms with Gasteiger partial charge in [-0.15, -0.1) is 0 Å². The fraction of sp³-hybridized carbons (Fsp3) is 0.857. The lowest BCUT2D eigenvalue weighted by Crippen LogP contribution is -2.41. The van der Waals surface area contributed by atoms with Crippen molar-refractivity contribution >= 4 is 11.9 Å². The standard InChI is InChI=1S/C14H26N2O4/c1-2-3-4-12(14(18)19)16-13(17)7-10-20-11-5-8-15-9-6-11/h11-12,15H,2-10H2,1H3,(H,16,17)(H,18,19)/t12-/m0/s1. The number of aliphatic carboxylic acids is 1. The number of carbonyl (C=O) groups is 2. The lowest BCUT2D eigenvalue weighted by atomic mass is 10.1. The van der Waals surface area contributed by atoms with Crippen molar-refractivity contribution in [3.63, 3.8) is 0 Å². The predicted molar refractivity (Wildman–Crippen MR) is 75.6 cm³/mol. The molecule has 0 saturated carbocycles. The fourth-order valence-corrected chi connectivity index (χ4v) is 2.21. The summed E-state index contributed by atoms with van der Waals surface area (Å²) in [5.74, 6) is -1.21. The molecule has 1 aliphatic heterocycles. The largest absolute Gasteiger partial charge is 0.480 e. The third-order valence-corrected chi connectivity index (χ3v) is 3.45. The number of ether oxygens (including phenoxy) is 1. The number of piperidine rings is 1. The van der Waals surface area contributed by atoms with Crippen LogP contribution in [0, 0.1) is 0 Å². The average molecular weight is 286 g/mol. The van der Waals surface area contributed by atoms with Crippen LogP contribution in [0.3, 0.4) is 0 Å². The van der Waals surface area contributed by atoms with E-state index in [1.54, 1.807) is 0 Å². The summed E-state index contributed by atoms with van der Waals surface area (Å²) in [6, 6.07) is -0.777. The van der Waals surface area contributed by atoms with E-state index >= 15 is 0 Å². The maximum Gasteiger partial charge on any atom is 0.326 e. The van der Waals surface area contributed by atoms with Crippen molar-refractivity contribution in [1.82, 2.24) is 10.6 Å². The van der Waals surface area contributed by atoms with E-state index in [2.05, 4.69) is 10.6 Å². The Kier molecular flexibility index (Phi) is 8.22. The van der Waals surface area contributed by atoms with Gasteiger partial charge in [0.05, 0.1) is 12.7 Å². The molecule has 1 amide bonds. The van der Waals surface area contributed by atoms with Gasteiger partial charge in [-0.1, -0.05) is 19.8 Å². The molecule has 1 rings (SSSR count). The quantitative estimate of drug-likeness (QED) is 0.586. The van der Waals surface area contributed by atoms with Gasteiger partial charge in [0.1, 0.15) is 6.04 Å². The molecule has 0 aromatic carbocycles. The Hall–Kier alpha value is -1.14. The molecule has 0 bridgehead atoms. The van der Waals surface area contributed by atoms with Crippen LogP contribution in [0.2, 0.25) is 0 Å². The number of carbonyl (C=O) groups excluding carboxylic acids is 1. The molecule has 1 fully saturated rings. The van der Waals surface area contributed by atoms with Gasteiger partial charge in [-0.2, -0.15) is 0 Å². The Bertz CT molecular complexity index is 304. The van der Waals surface area contributed by atoms with Gasteiger partial charge < -0.3 is 20.5 Å². The molecule has 6 heteroatoms. The summed E-state index contributed by atoms with van der Waals surface area (Å²) in [6.07, 6.45) is 4.57. The molecule has 116 valence electrons. The maximum atomic E-state index is 11.7. The number of nitrogens with one attached hydrogen (secondary N) is 2. The zero-order chi connectivity index (χ0) is 14.8. The van der Waals surface area contributed by atoms with E-state index in [4.69, 9.17) is 9.84 Å². The van der Waals surface area contributed by atoms with Gasteiger partial charge in [0, 0.05) is 6.42 Å². The van der Waals surface area contributed by atoms with Crippen LogP contribution in [-0.4, -0.2) is 48.8 Å². The molecule has 1 aliphatic rings. The summed E-state index contributed by atoms with van der Waals surface area (Å²) in [7, 11) is 0. The first-order valence-corrected chi connectivity index (χ1v) is 7.48. The van der Waals surface area contributed by atoms with Crippen LogP contribution in [0.5, 0.6) is 0 Å². The van der Waals surface area contributed by atoms with Crippen molar-refractivity contribution in [2.24, 2.45) is 0 Å². The molecule has 1 atom stereocenters. The molecule has 20 heavy (non-hydrogen) atoms. The lowest BCUT2D eigenvalue weighted by molar-refractivity contribution is -0.142. The third kappa shape index (κ3) is 6.86. The molecule has 6 nitrogen and oxygen atoms in total. The summed E-state index contributed by atoms with van der Waals surface area (Å²) >= 11 is 0. The first-order chi connectivity index (χ1) is 9.63. The van der Waals surface area contributed by atoms with Gasteiger partial charge in [0.2, 0.25) is 5.91 Å². The van der Waals surface area contributed by atoms with Crippen molar-refractivity contribution in [1.29, 1.82) is 0 Å². The lowest BCUT2D eigenvalue weighted by Gasteiger charge is -2.23. The van der Waals surface area contributed by atoms with Crippen molar-refractivity contribution in [2.45, 2.75) is 57.6 Å². The molecule has 0 spiro atoms. The third-order valence-electron chi connectivity index (χ3n) is 3.45. The van der Waals surface area contributed by atoms with E-state index in [1.165, 1.54) is 0 Å². The number of amides is 1. The molecular weight excluding hydrogens is 260 g/mol. The molecular formula is C14H26N2O4. The first-order valence-electron chi connectivity index (χ1n) is 7.48. The van der Waals surface area contributed by atoms with Gasteiger partial charge >= 0.3 is 5.97 Å². The molecule has 0 unspecified atom stereocenters. The number of carboxylic acids is 1. The van der Waals surface area contributed by atoms with E-state index < -0.39 is 12.0 Å². The SMILES string of the molecule is CCCC[C@H](NC(=O)CCOC1CCNCC1)C(=O)O. The molecule has 1 saturated heterocycles. The van der Waals surface area contributed by atoms with Gasteiger partial charge in [0.15, 0.2) is 0 Å². The minimum absolute atomic E-state index is 0.222. The molecule has 3 N–H and O–H groups in total. The van der Waals surface area contributed by atoms with Gasteiger partial charge in [0.25, 0.3) is 0 Å². The minimum Gasteiger partial charge on any atom is -0.480 e. The molecule has 0 aliphatic carbocycles. The smallest absolute Gasteiger partial charge is 0.326 e. The zero-order valence-corrected chi connectivity index (χ0v) is 12.2. The summed E-state index contributed by atoms with van der Waals surface area (Å²) < 4.78 is 5.63. The fourth-order valence-electron chi connectivity index (χ4n) is 2.21. The second-order valence-electron chi connectivity index (χ2n) is 5.17. The monoisotopic (exact) mass is 286 g/mol. The number of carboxylic acid groups (broad SMARTS) is 1. The average Bonchev–Trinajstić information content (AvgIpc) is 2.44. The van der Waals surface area contributed by atoms with Crippen molar-refractivity contribution in [2.75, 3.05) is 19.7 Å². The Morgan fingerprint density at radius 1 is 1.40 bits per heavy atom. The Morgan fingerprint density at radius 2 is 2.10 bits per heavy atom. The van der Waals surface area contributed by atoms with Gasteiger partial charge in [-0.05, 0) is 32.4 Å². The summed E-state index contributed by atoms with van der Waals surface area (Å²) in [5, 5.41) is 14.8. The van der Waals surface area contributed by atoms with E-state index in [9.17, 15) is 9.59 Å². The maximum absolute atomic E-state index is 11.7. The highest BCUT2D eigenvalue weighted by Gasteiger charge is 2.19. The predicted octanol–water partition coefficient (Wildman–Crippen LogP) is 0.905. The Morgan fingerprint density at radius 3 is 2.70 bits per heavy atom. The highest BCUT2D eigenvalue weighted by Crippen LogP contribution is 2.07. The highest BCUT2D eigenvalue weighted by atomic mass is 16.5. The topological polar surface area (TPSA) is 87.7 Å². The second kappa shape index (κ2) is 9.72. The molecule has 1 heterocycles. The van der Waals surface area contributed by atoms with E-state index in [1.807, 2.05) is 6.92 Å². The Balaban J connectivity index is 2.18. The number of rotatable bonds is 9. The number of unbranched alkanes of at least 4 members (excludes halogenated alkanes) is 1. The van der Waals surface area contributed by atoms with Crippen LogP contribution in [0.15, 0.2) is 0 Å². The van der Waals surface area contributed by atoms with E-state index in [0.29, 0.717) is 13.0 Å². The number of hydrogen-bond acceptors (Lipinski definition) is 4. The van der Waals surface area contributed by atoms with E-state index in [-0.39, 0.29) is 18.4 Å². The van der Waals surface area contributed by atoms with Gasteiger partial charge in [-0.25, -0.2) is 4.79 Å².